The van der Waals surface area contributed by atoms with Crippen LogP contribution in [0.4, 0.5) is 0 Å². The lowest BCUT2D eigenvalue weighted by Crippen LogP contribution is -2.25. The first-order valence-electron chi connectivity index (χ1n) is 6.03. The van der Waals surface area contributed by atoms with Gasteiger partial charge in [0.2, 0.25) is 0 Å². The van der Waals surface area contributed by atoms with Crippen molar-refractivity contribution in [3.63, 3.8) is 0 Å². The number of aromatic nitrogens is 1. The van der Waals surface area contributed by atoms with Crippen molar-refractivity contribution in [1.82, 2.24) is 9.45 Å². The number of sulfonamides is 1. The molecule has 1 saturated carbocycles. The monoisotopic (exact) mass is 304 g/mol. The van der Waals surface area contributed by atoms with Gasteiger partial charge in [0, 0.05) is 19.3 Å². The number of carboxylic acid groups (broad SMARTS) is 1. The van der Waals surface area contributed by atoms with E-state index in [1.165, 1.54) is 17.9 Å². The zero-order chi connectivity index (χ0) is 14.8. The summed E-state index contributed by atoms with van der Waals surface area (Å²) in [6, 6.07) is 1.20. The van der Waals surface area contributed by atoms with Crippen LogP contribution < -0.4 is 4.89 Å². The van der Waals surface area contributed by atoms with E-state index in [1.807, 2.05) is 4.89 Å². The summed E-state index contributed by atoms with van der Waals surface area (Å²) in [7, 11) is -2.43. The van der Waals surface area contributed by atoms with Crippen LogP contribution in [0.25, 0.3) is 0 Å². The van der Waals surface area contributed by atoms with Gasteiger partial charge in [-0.15, -0.1) is 0 Å². The van der Waals surface area contributed by atoms with Gasteiger partial charge in [-0.3, -0.25) is 4.84 Å². The summed E-state index contributed by atoms with van der Waals surface area (Å²) in [5.74, 6) is -1.15. The van der Waals surface area contributed by atoms with Gasteiger partial charge in [-0.05, 0) is 18.9 Å². The molecule has 2 rings (SSSR count). The lowest BCUT2D eigenvalue weighted by molar-refractivity contribution is 0.0438. The molecule has 1 fully saturated rings. The summed E-state index contributed by atoms with van der Waals surface area (Å²) in [5.41, 5.74) is -0.0373. The molecule has 1 aromatic heterocycles. The number of aromatic carboxylic acids is 1. The van der Waals surface area contributed by atoms with E-state index >= 15 is 0 Å². The third kappa shape index (κ3) is 3.37. The number of rotatable bonds is 8. The molecule has 8 nitrogen and oxygen atoms in total. The predicted octanol–water partition coefficient (Wildman–Crippen LogP) is 0.377. The fraction of sp³-hybridized carbons (Fsp3) is 0.545. The molecule has 0 amide bonds. The maximum absolute atomic E-state index is 11.9. The molecule has 9 heteroatoms. The van der Waals surface area contributed by atoms with Crippen LogP contribution in [-0.4, -0.2) is 44.4 Å². The largest absolute Gasteiger partial charge is 0.477 e. The van der Waals surface area contributed by atoms with E-state index < -0.39 is 16.0 Å². The number of carbonyl (C=O) groups is 1. The molecule has 1 aliphatic carbocycles. The molecular formula is C11H16N2O6S. The second kappa shape index (κ2) is 5.92. The number of nitrogens with zero attached hydrogens (tertiary/aromatic N) is 1. The second-order valence-corrected chi connectivity index (χ2v) is 6.08. The third-order valence-electron chi connectivity index (χ3n) is 2.85. The van der Waals surface area contributed by atoms with E-state index in [2.05, 4.69) is 0 Å². The molecule has 1 aliphatic rings. The van der Waals surface area contributed by atoms with Gasteiger partial charge >= 0.3 is 5.97 Å². The van der Waals surface area contributed by atoms with Crippen molar-refractivity contribution in [2.75, 3.05) is 20.3 Å². The lowest BCUT2D eigenvalue weighted by Gasteiger charge is -2.05. The van der Waals surface area contributed by atoms with Crippen LogP contribution >= 0.6 is 0 Å². The van der Waals surface area contributed by atoms with Crippen LogP contribution in [0.3, 0.4) is 0 Å². The van der Waals surface area contributed by atoms with E-state index in [4.69, 9.17) is 14.7 Å². The molecule has 0 saturated heterocycles. The molecule has 2 N–H and O–H groups in total. The van der Waals surface area contributed by atoms with Crippen LogP contribution in [0.2, 0.25) is 0 Å². The Balaban J connectivity index is 2.15. The first-order valence-corrected chi connectivity index (χ1v) is 7.51. The van der Waals surface area contributed by atoms with Crippen molar-refractivity contribution < 1.29 is 27.9 Å². The Morgan fingerprint density at radius 2 is 2.20 bits per heavy atom. The molecule has 0 aliphatic heterocycles. The topological polar surface area (TPSA) is 107 Å². The minimum absolute atomic E-state index is 0.0373. The Labute approximate surface area is 116 Å². The van der Waals surface area contributed by atoms with E-state index in [-0.39, 0.29) is 29.8 Å². The average molecular weight is 304 g/mol. The lowest BCUT2D eigenvalue weighted by atomic mass is 10.4. The molecule has 0 aromatic carbocycles. The normalized spacial score (nSPS) is 15.4. The molecule has 20 heavy (non-hydrogen) atoms. The van der Waals surface area contributed by atoms with Gasteiger partial charge in [0.25, 0.3) is 10.0 Å². The maximum atomic E-state index is 11.9. The summed E-state index contributed by atoms with van der Waals surface area (Å²) in [4.78, 5) is 17.7. The second-order valence-electron chi connectivity index (χ2n) is 4.43. The molecule has 1 heterocycles. The fourth-order valence-electron chi connectivity index (χ4n) is 1.72. The number of carboxylic acids is 1. The van der Waals surface area contributed by atoms with E-state index in [1.54, 1.807) is 0 Å². The quantitative estimate of drug-likeness (QED) is 0.531. The van der Waals surface area contributed by atoms with Crippen molar-refractivity contribution in [2.45, 2.75) is 23.8 Å². The standard InChI is InChI=1S/C11H16N2O6S/c1-18-4-5-19-12-20(16,17)9-6-10(11(14)15)13(7-9)8-2-3-8/h6-8,12H,2-5H2,1H3,(H,14,15). The van der Waals surface area contributed by atoms with Crippen LogP contribution in [0.1, 0.15) is 29.4 Å². The van der Waals surface area contributed by atoms with Gasteiger partial charge in [-0.2, -0.15) is 0 Å². The van der Waals surface area contributed by atoms with E-state index in [0.717, 1.165) is 18.9 Å². The summed E-state index contributed by atoms with van der Waals surface area (Å²) < 4.78 is 30.1. The van der Waals surface area contributed by atoms with Crippen LogP contribution in [0.5, 0.6) is 0 Å². The SMILES string of the molecule is COCCONS(=O)(=O)c1cc(C(=O)O)n(C2CC2)c1. The maximum Gasteiger partial charge on any atom is 0.352 e. The average Bonchev–Trinajstić information content (AvgIpc) is 3.12. The highest BCUT2D eigenvalue weighted by atomic mass is 32.2. The summed E-state index contributed by atoms with van der Waals surface area (Å²) in [5, 5.41) is 9.08. The first-order chi connectivity index (χ1) is 9.45. The van der Waals surface area contributed by atoms with Gasteiger partial charge in [0.05, 0.1) is 13.2 Å². The van der Waals surface area contributed by atoms with Crippen molar-refractivity contribution >= 4 is 16.0 Å². The van der Waals surface area contributed by atoms with Gasteiger partial charge in [0.1, 0.15) is 10.6 Å². The highest BCUT2D eigenvalue weighted by Gasteiger charge is 2.30. The van der Waals surface area contributed by atoms with Gasteiger partial charge < -0.3 is 14.4 Å². The molecule has 0 spiro atoms. The minimum Gasteiger partial charge on any atom is -0.477 e. The molecule has 1 aromatic rings. The molecule has 0 unspecified atom stereocenters. The number of hydrogen-bond acceptors (Lipinski definition) is 5. The zero-order valence-electron chi connectivity index (χ0n) is 10.9. The Bertz CT molecular complexity index is 590. The molecular weight excluding hydrogens is 288 g/mol. The van der Waals surface area contributed by atoms with Crippen LogP contribution in [0.15, 0.2) is 17.2 Å². The van der Waals surface area contributed by atoms with Crippen molar-refractivity contribution in [1.29, 1.82) is 0 Å². The number of methoxy groups -OCH3 is 1. The van der Waals surface area contributed by atoms with Crippen molar-refractivity contribution in [2.24, 2.45) is 0 Å². The van der Waals surface area contributed by atoms with Gasteiger partial charge in [-0.25, -0.2) is 13.2 Å². The number of nitrogens with one attached hydrogen (secondary N) is 1. The predicted molar refractivity (Wildman–Crippen MR) is 67.8 cm³/mol. The van der Waals surface area contributed by atoms with Crippen LogP contribution in [-0.2, 0) is 19.6 Å². The van der Waals surface area contributed by atoms with Gasteiger partial charge in [0.15, 0.2) is 0 Å². The highest BCUT2D eigenvalue weighted by Crippen LogP contribution is 2.37. The summed E-state index contributed by atoms with van der Waals surface area (Å²) in [6.45, 7) is 0.302. The molecule has 0 atom stereocenters. The van der Waals surface area contributed by atoms with Gasteiger partial charge in [-0.1, -0.05) is 4.89 Å². The Morgan fingerprint density at radius 1 is 1.50 bits per heavy atom. The van der Waals surface area contributed by atoms with Crippen molar-refractivity contribution in [3.05, 3.63) is 18.0 Å². The van der Waals surface area contributed by atoms with Crippen molar-refractivity contribution in [3.8, 4) is 0 Å². The smallest absolute Gasteiger partial charge is 0.352 e. The fourth-order valence-corrected chi connectivity index (χ4v) is 2.57. The zero-order valence-corrected chi connectivity index (χ0v) is 11.7. The number of ether oxygens (including phenoxy) is 1. The first kappa shape index (κ1) is 15.0. The van der Waals surface area contributed by atoms with Crippen LogP contribution in [0, 0.1) is 0 Å². The number of hydrogen-bond donors (Lipinski definition) is 2. The molecule has 0 radical (unpaired) electrons. The Hall–Kier alpha value is -1.42. The summed E-state index contributed by atoms with van der Waals surface area (Å²) in [6.07, 6.45) is 3.03. The minimum atomic E-state index is -3.89. The molecule has 0 bridgehead atoms. The Morgan fingerprint density at radius 3 is 2.75 bits per heavy atom. The highest BCUT2D eigenvalue weighted by molar-refractivity contribution is 7.89. The summed E-state index contributed by atoms with van der Waals surface area (Å²) >= 11 is 0. The third-order valence-corrected chi connectivity index (χ3v) is 4.03. The molecule has 112 valence electrons. The van der Waals surface area contributed by atoms with E-state index in [9.17, 15) is 13.2 Å². The van der Waals surface area contributed by atoms with E-state index in [0.29, 0.717) is 0 Å². The Kier molecular flexibility index (Phi) is 4.43.